The van der Waals surface area contributed by atoms with E-state index in [2.05, 4.69) is 29.2 Å². The Hall–Kier alpha value is -3.77. The van der Waals surface area contributed by atoms with Crippen molar-refractivity contribution in [3.8, 4) is 0 Å². The van der Waals surface area contributed by atoms with Crippen molar-refractivity contribution in [1.29, 1.82) is 0 Å². The monoisotopic (exact) mass is 506 g/mol. The molecule has 0 aliphatic carbocycles. The summed E-state index contributed by atoms with van der Waals surface area (Å²) in [4.78, 5) is 17.5. The van der Waals surface area contributed by atoms with Gasteiger partial charge in [-0.2, -0.15) is 0 Å². The van der Waals surface area contributed by atoms with Crippen molar-refractivity contribution in [2.75, 3.05) is 32.8 Å². The summed E-state index contributed by atoms with van der Waals surface area (Å²) in [5, 5.41) is 10.4. The van der Waals surface area contributed by atoms with Crippen molar-refractivity contribution in [2.45, 2.75) is 18.2 Å². The Balaban J connectivity index is 1.30. The van der Waals surface area contributed by atoms with Crippen LogP contribution in [-0.2, 0) is 9.53 Å². The van der Waals surface area contributed by atoms with Crippen LogP contribution in [0.5, 0.6) is 0 Å². The highest BCUT2D eigenvalue weighted by Gasteiger charge is 2.35. The maximum absolute atomic E-state index is 13.3. The van der Waals surface area contributed by atoms with Crippen LogP contribution in [0, 0.1) is 0 Å². The molecule has 1 heterocycles. The Morgan fingerprint density at radius 3 is 1.61 bits per heavy atom. The van der Waals surface area contributed by atoms with Gasteiger partial charge in [0.2, 0.25) is 5.91 Å². The van der Waals surface area contributed by atoms with Crippen LogP contribution in [0.4, 0.5) is 0 Å². The second-order valence-electron chi connectivity index (χ2n) is 9.65. The number of nitrogens with zero attached hydrogens (tertiary/aromatic N) is 2. The first kappa shape index (κ1) is 25.9. The molecule has 1 unspecified atom stereocenters. The van der Waals surface area contributed by atoms with E-state index in [0.29, 0.717) is 19.6 Å². The van der Waals surface area contributed by atoms with Gasteiger partial charge >= 0.3 is 0 Å². The molecule has 194 valence electrons. The molecule has 1 atom stereocenters. The van der Waals surface area contributed by atoms with Crippen LogP contribution in [0.15, 0.2) is 121 Å². The van der Waals surface area contributed by atoms with Crippen molar-refractivity contribution in [2.24, 2.45) is 0 Å². The highest BCUT2D eigenvalue weighted by Crippen LogP contribution is 2.32. The van der Waals surface area contributed by atoms with Gasteiger partial charge < -0.3 is 14.7 Å². The summed E-state index contributed by atoms with van der Waals surface area (Å²) in [5.74, 6) is -0.0593. The van der Waals surface area contributed by atoms with E-state index < -0.39 is 0 Å². The molecule has 1 saturated heterocycles. The third kappa shape index (κ3) is 6.03. The number of hydrogen-bond acceptors (Lipinski definition) is 4. The molecule has 5 nitrogen and oxygen atoms in total. The first-order valence-corrected chi connectivity index (χ1v) is 13.2. The second kappa shape index (κ2) is 12.7. The molecule has 5 heteroatoms. The quantitative estimate of drug-likeness (QED) is 0.344. The summed E-state index contributed by atoms with van der Waals surface area (Å²) in [6.07, 6.45) is -0.322. The minimum Gasteiger partial charge on any atom is -0.395 e. The van der Waals surface area contributed by atoms with Crippen molar-refractivity contribution < 1.29 is 14.6 Å². The van der Waals surface area contributed by atoms with Gasteiger partial charge in [0.15, 0.2) is 0 Å². The maximum Gasteiger partial charge on any atom is 0.248 e. The largest absolute Gasteiger partial charge is 0.395 e. The molecule has 1 aliphatic heterocycles. The molecule has 38 heavy (non-hydrogen) atoms. The van der Waals surface area contributed by atoms with Gasteiger partial charge in [-0.15, -0.1) is 0 Å². The third-order valence-corrected chi connectivity index (χ3v) is 7.23. The molecule has 1 amide bonds. The number of piperazine rings is 1. The van der Waals surface area contributed by atoms with E-state index in [1.54, 1.807) is 0 Å². The number of aliphatic hydroxyl groups is 1. The van der Waals surface area contributed by atoms with Gasteiger partial charge in [0.1, 0.15) is 12.7 Å². The normalized spacial score (nSPS) is 16.2. The number of ether oxygens (including phenoxy) is 1. The molecule has 0 spiro atoms. The standard InChI is InChI=1S/C33H34N2O3/c36-24-30-23-34(21-22-35(30)32(26-13-5-1-6-14-26)27-15-7-2-8-16-27)31(37)25-38-33(28-17-9-3-10-18-28)29-19-11-4-12-20-29/h1-20,30,32-33,36H,21-25H2. The van der Waals surface area contributed by atoms with Gasteiger partial charge in [-0.05, 0) is 22.3 Å². The molecule has 1 fully saturated rings. The number of benzene rings is 4. The van der Waals surface area contributed by atoms with Crippen molar-refractivity contribution >= 4 is 5.91 Å². The smallest absolute Gasteiger partial charge is 0.248 e. The minimum absolute atomic E-state index is 0.00333. The van der Waals surface area contributed by atoms with Gasteiger partial charge in [-0.25, -0.2) is 0 Å². The van der Waals surface area contributed by atoms with Crippen molar-refractivity contribution in [1.82, 2.24) is 9.80 Å². The SMILES string of the molecule is O=C(COC(c1ccccc1)c1ccccc1)N1CCN(C(c2ccccc2)c2ccccc2)C(CO)C1. The van der Waals surface area contributed by atoms with Crippen LogP contribution in [-0.4, -0.2) is 59.7 Å². The number of rotatable bonds is 9. The fourth-order valence-electron chi connectivity index (χ4n) is 5.33. The minimum atomic E-state index is -0.322. The summed E-state index contributed by atoms with van der Waals surface area (Å²) in [6.45, 7) is 1.64. The van der Waals surface area contributed by atoms with Crippen LogP contribution in [0.2, 0.25) is 0 Å². The van der Waals surface area contributed by atoms with Gasteiger partial charge in [0.25, 0.3) is 0 Å². The zero-order valence-corrected chi connectivity index (χ0v) is 21.5. The van der Waals surface area contributed by atoms with Crippen molar-refractivity contribution in [3.05, 3.63) is 144 Å². The van der Waals surface area contributed by atoms with E-state index in [0.717, 1.165) is 11.1 Å². The molecule has 4 aromatic carbocycles. The first-order chi connectivity index (χ1) is 18.7. The average Bonchev–Trinajstić information content (AvgIpc) is 2.99. The van der Waals surface area contributed by atoms with Crippen LogP contribution < -0.4 is 0 Å². The summed E-state index contributed by atoms with van der Waals surface area (Å²) in [5.41, 5.74) is 4.37. The Labute approximate surface area is 224 Å². The zero-order chi connectivity index (χ0) is 26.2. The first-order valence-electron chi connectivity index (χ1n) is 13.2. The number of amides is 1. The molecule has 0 aromatic heterocycles. The van der Waals surface area contributed by atoms with Crippen LogP contribution >= 0.6 is 0 Å². The number of carbonyl (C=O) groups is 1. The zero-order valence-electron chi connectivity index (χ0n) is 21.5. The predicted octanol–water partition coefficient (Wildman–Crippen LogP) is 5.09. The maximum atomic E-state index is 13.3. The number of carbonyl (C=O) groups excluding carboxylic acids is 1. The highest BCUT2D eigenvalue weighted by molar-refractivity contribution is 5.77. The lowest BCUT2D eigenvalue weighted by molar-refractivity contribution is -0.141. The molecule has 5 rings (SSSR count). The Bertz CT molecular complexity index is 1190. The van der Waals surface area contributed by atoms with Gasteiger partial charge in [-0.1, -0.05) is 121 Å². The third-order valence-electron chi connectivity index (χ3n) is 7.23. The molecule has 1 N–H and O–H groups in total. The Morgan fingerprint density at radius 2 is 1.16 bits per heavy atom. The van der Waals surface area contributed by atoms with Crippen molar-refractivity contribution in [3.63, 3.8) is 0 Å². The highest BCUT2D eigenvalue weighted by atomic mass is 16.5. The van der Waals surface area contributed by atoms with Gasteiger partial charge in [-0.3, -0.25) is 9.69 Å². The molecule has 4 aromatic rings. The van der Waals surface area contributed by atoms with E-state index in [1.807, 2.05) is 102 Å². The topological polar surface area (TPSA) is 53.0 Å². The second-order valence-corrected chi connectivity index (χ2v) is 9.65. The number of aliphatic hydroxyl groups excluding tert-OH is 1. The molecule has 0 saturated carbocycles. The van der Waals surface area contributed by atoms with Gasteiger partial charge in [0, 0.05) is 19.6 Å². The number of hydrogen-bond donors (Lipinski definition) is 1. The van der Waals surface area contributed by atoms with E-state index in [4.69, 9.17) is 4.74 Å². The van der Waals surface area contributed by atoms with Crippen LogP contribution in [0.1, 0.15) is 34.4 Å². The molecule has 0 radical (unpaired) electrons. The molecular weight excluding hydrogens is 472 g/mol. The van der Waals surface area contributed by atoms with Crippen LogP contribution in [0.3, 0.4) is 0 Å². The summed E-state index contributed by atoms with van der Waals surface area (Å²) in [6, 6.07) is 40.5. The molecule has 0 bridgehead atoms. The Kier molecular flexibility index (Phi) is 8.61. The Morgan fingerprint density at radius 1 is 0.711 bits per heavy atom. The van der Waals surface area contributed by atoms with E-state index in [1.165, 1.54) is 11.1 Å². The van der Waals surface area contributed by atoms with E-state index in [-0.39, 0.29) is 37.3 Å². The summed E-state index contributed by atoms with van der Waals surface area (Å²) >= 11 is 0. The summed E-state index contributed by atoms with van der Waals surface area (Å²) < 4.78 is 6.24. The lowest BCUT2D eigenvalue weighted by Crippen LogP contribution is -2.57. The van der Waals surface area contributed by atoms with E-state index in [9.17, 15) is 9.90 Å². The fourth-order valence-corrected chi connectivity index (χ4v) is 5.33. The van der Waals surface area contributed by atoms with Gasteiger partial charge in [0.05, 0.1) is 18.7 Å². The van der Waals surface area contributed by atoms with E-state index >= 15 is 0 Å². The predicted molar refractivity (Wildman–Crippen MR) is 150 cm³/mol. The summed E-state index contributed by atoms with van der Waals surface area (Å²) in [7, 11) is 0. The fraction of sp³-hybridized carbons (Fsp3) is 0.242. The van der Waals surface area contributed by atoms with Crippen LogP contribution in [0.25, 0.3) is 0 Å². The molecule has 1 aliphatic rings. The lowest BCUT2D eigenvalue weighted by Gasteiger charge is -2.45. The molecular formula is C33H34N2O3. The lowest BCUT2D eigenvalue weighted by atomic mass is 9.94. The average molecular weight is 507 g/mol.